The molecule has 0 aliphatic carbocycles. The van der Waals surface area contributed by atoms with Gasteiger partial charge in [-0.3, -0.25) is 0 Å². The zero-order chi connectivity index (χ0) is 11.1. The van der Waals surface area contributed by atoms with Crippen molar-refractivity contribution in [3.63, 3.8) is 0 Å². The lowest BCUT2D eigenvalue weighted by atomic mass is 9.94. The lowest BCUT2D eigenvalue weighted by Gasteiger charge is -2.39. The van der Waals surface area contributed by atoms with Gasteiger partial charge in [-0.2, -0.15) is 0 Å². The number of piperidine rings is 1. The molecular weight excluding hydrogens is 188 g/mol. The van der Waals surface area contributed by atoms with Crippen molar-refractivity contribution in [3.05, 3.63) is 0 Å². The lowest BCUT2D eigenvalue weighted by Crippen LogP contribution is -2.47. The Morgan fingerprint density at radius 3 is 2.87 bits per heavy atom. The van der Waals surface area contributed by atoms with E-state index in [0.29, 0.717) is 0 Å². The summed E-state index contributed by atoms with van der Waals surface area (Å²) >= 11 is 0. The summed E-state index contributed by atoms with van der Waals surface area (Å²) in [7, 11) is 3.85. The molecule has 1 atom stereocenters. The molecule has 3 heteroatoms. The molecule has 1 fully saturated rings. The summed E-state index contributed by atoms with van der Waals surface area (Å²) in [6, 6.07) is 0. The van der Waals surface area contributed by atoms with Crippen LogP contribution < -0.4 is 5.32 Å². The first-order valence-electron chi connectivity index (χ1n) is 6.12. The third-order valence-corrected chi connectivity index (χ3v) is 3.38. The molecule has 1 aliphatic heterocycles. The zero-order valence-corrected chi connectivity index (χ0v) is 10.5. The highest BCUT2D eigenvalue weighted by molar-refractivity contribution is 4.84. The van der Waals surface area contributed by atoms with Crippen LogP contribution in [0.4, 0.5) is 0 Å². The quantitative estimate of drug-likeness (QED) is 0.678. The predicted molar refractivity (Wildman–Crippen MR) is 64.2 cm³/mol. The molecular formula is C12H26N2O. The zero-order valence-electron chi connectivity index (χ0n) is 10.5. The number of unbranched alkanes of at least 4 members (excludes halogenated alkanes) is 1. The van der Waals surface area contributed by atoms with Crippen LogP contribution in [0.1, 0.15) is 32.6 Å². The van der Waals surface area contributed by atoms with Crippen molar-refractivity contribution < 1.29 is 4.74 Å². The Morgan fingerprint density at radius 1 is 1.40 bits per heavy atom. The molecule has 0 amide bonds. The number of ether oxygens (including phenoxy) is 1. The van der Waals surface area contributed by atoms with Crippen molar-refractivity contribution in [2.75, 3.05) is 40.3 Å². The normalized spacial score (nSPS) is 28.2. The molecule has 1 rings (SSSR count). The van der Waals surface area contributed by atoms with E-state index in [1.54, 1.807) is 0 Å². The van der Waals surface area contributed by atoms with Gasteiger partial charge >= 0.3 is 0 Å². The summed E-state index contributed by atoms with van der Waals surface area (Å²) < 4.78 is 5.58. The van der Waals surface area contributed by atoms with E-state index in [0.717, 1.165) is 13.1 Å². The molecule has 0 saturated carbocycles. The van der Waals surface area contributed by atoms with Crippen LogP contribution >= 0.6 is 0 Å². The maximum atomic E-state index is 5.58. The molecule has 1 aliphatic rings. The predicted octanol–water partition coefficient (Wildman–Crippen LogP) is 1.49. The topological polar surface area (TPSA) is 24.5 Å². The van der Waals surface area contributed by atoms with E-state index in [1.807, 2.05) is 14.2 Å². The van der Waals surface area contributed by atoms with Gasteiger partial charge in [0, 0.05) is 13.7 Å². The SMILES string of the molecule is CNCCCCN1CCCC(C)(OC)C1. The molecule has 0 aromatic rings. The smallest absolute Gasteiger partial charge is 0.0777 e. The maximum absolute atomic E-state index is 5.58. The van der Waals surface area contributed by atoms with E-state index in [1.165, 1.54) is 38.8 Å². The van der Waals surface area contributed by atoms with Crippen molar-refractivity contribution in [1.29, 1.82) is 0 Å². The van der Waals surface area contributed by atoms with Crippen molar-refractivity contribution in [3.8, 4) is 0 Å². The molecule has 1 heterocycles. The van der Waals surface area contributed by atoms with Crippen LogP contribution in [0, 0.1) is 0 Å². The number of nitrogens with zero attached hydrogens (tertiary/aromatic N) is 1. The third kappa shape index (κ3) is 4.49. The van der Waals surface area contributed by atoms with Crippen molar-refractivity contribution >= 4 is 0 Å². The van der Waals surface area contributed by atoms with Crippen LogP contribution in [0.15, 0.2) is 0 Å². The highest BCUT2D eigenvalue weighted by Crippen LogP contribution is 2.23. The largest absolute Gasteiger partial charge is 0.377 e. The number of rotatable bonds is 6. The second-order valence-electron chi connectivity index (χ2n) is 4.84. The second kappa shape index (κ2) is 6.46. The average Bonchev–Trinajstić information content (AvgIpc) is 2.25. The van der Waals surface area contributed by atoms with Crippen molar-refractivity contribution in [2.45, 2.75) is 38.2 Å². The van der Waals surface area contributed by atoms with Crippen molar-refractivity contribution in [2.24, 2.45) is 0 Å². The maximum Gasteiger partial charge on any atom is 0.0777 e. The van der Waals surface area contributed by atoms with Crippen LogP contribution in [0.2, 0.25) is 0 Å². The lowest BCUT2D eigenvalue weighted by molar-refractivity contribution is -0.0508. The summed E-state index contributed by atoms with van der Waals surface area (Å²) in [4.78, 5) is 2.54. The number of methoxy groups -OCH3 is 1. The number of hydrogen-bond donors (Lipinski definition) is 1. The molecule has 0 bridgehead atoms. The number of hydrogen-bond acceptors (Lipinski definition) is 3. The summed E-state index contributed by atoms with van der Waals surface area (Å²) in [6.45, 7) is 6.93. The Morgan fingerprint density at radius 2 is 2.20 bits per heavy atom. The molecule has 1 unspecified atom stereocenters. The van der Waals surface area contributed by atoms with Gasteiger partial charge in [-0.15, -0.1) is 0 Å². The average molecular weight is 214 g/mol. The molecule has 3 nitrogen and oxygen atoms in total. The van der Waals surface area contributed by atoms with Gasteiger partial charge in [0.25, 0.3) is 0 Å². The summed E-state index contributed by atoms with van der Waals surface area (Å²) in [5.41, 5.74) is 0.0985. The Labute approximate surface area is 94.2 Å². The van der Waals surface area contributed by atoms with Crippen LogP contribution in [-0.4, -0.2) is 50.8 Å². The first-order valence-corrected chi connectivity index (χ1v) is 6.12. The minimum atomic E-state index is 0.0985. The molecule has 0 radical (unpaired) electrons. The van der Waals surface area contributed by atoms with E-state index in [-0.39, 0.29) is 5.60 Å². The highest BCUT2D eigenvalue weighted by atomic mass is 16.5. The fraction of sp³-hybridized carbons (Fsp3) is 1.00. The Kier molecular flexibility index (Phi) is 5.58. The van der Waals surface area contributed by atoms with E-state index < -0.39 is 0 Å². The minimum absolute atomic E-state index is 0.0985. The van der Waals surface area contributed by atoms with E-state index >= 15 is 0 Å². The Hall–Kier alpha value is -0.120. The first-order chi connectivity index (χ1) is 7.20. The van der Waals surface area contributed by atoms with Gasteiger partial charge in [0.1, 0.15) is 0 Å². The summed E-state index contributed by atoms with van der Waals surface area (Å²) in [5, 5.41) is 3.19. The Balaban J connectivity index is 2.18. The second-order valence-corrected chi connectivity index (χ2v) is 4.84. The molecule has 0 aromatic carbocycles. The molecule has 1 N–H and O–H groups in total. The fourth-order valence-electron chi connectivity index (χ4n) is 2.30. The molecule has 90 valence electrons. The monoisotopic (exact) mass is 214 g/mol. The van der Waals surface area contributed by atoms with E-state index in [2.05, 4.69) is 17.1 Å². The first kappa shape index (κ1) is 12.9. The van der Waals surface area contributed by atoms with Crippen LogP contribution in [0.25, 0.3) is 0 Å². The fourth-order valence-corrected chi connectivity index (χ4v) is 2.30. The molecule has 0 aromatic heterocycles. The number of nitrogens with one attached hydrogen (secondary N) is 1. The van der Waals surface area contributed by atoms with E-state index in [4.69, 9.17) is 4.74 Å². The standard InChI is InChI=1S/C12H26N2O/c1-12(15-3)7-6-10-14(11-12)9-5-4-8-13-2/h13H,4-11H2,1-3H3. The molecule has 15 heavy (non-hydrogen) atoms. The van der Waals surface area contributed by atoms with Gasteiger partial charge in [-0.05, 0) is 59.3 Å². The summed E-state index contributed by atoms with van der Waals surface area (Å²) in [6.07, 6.45) is 5.05. The van der Waals surface area contributed by atoms with E-state index in [9.17, 15) is 0 Å². The van der Waals surface area contributed by atoms with Gasteiger partial charge in [0.2, 0.25) is 0 Å². The Bertz CT molecular complexity index is 175. The molecule has 1 saturated heterocycles. The highest BCUT2D eigenvalue weighted by Gasteiger charge is 2.30. The van der Waals surface area contributed by atoms with Gasteiger partial charge in [-0.25, -0.2) is 0 Å². The molecule has 0 spiro atoms. The van der Waals surface area contributed by atoms with Gasteiger partial charge in [0.05, 0.1) is 5.60 Å². The van der Waals surface area contributed by atoms with Crippen molar-refractivity contribution in [1.82, 2.24) is 10.2 Å². The minimum Gasteiger partial charge on any atom is -0.377 e. The van der Waals surface area contributed by atoms with Crippen LogP contribution in [0.5, 0.6) is 0 Å². The van der Waals surface area contributed by atoms with Crippen LogP contribution in [0.3, 0.4) is 0 Å². The third-order valence-electron chi connectivity index (χ3n) is 3.38. The van der Waals surface area contributed by atoms with Gasteiger partial charge < -0.3 is 15.0 Å². The van der Waals surface area contributed by atoms with Crippen LogP contribution in [-0.2, 0) is 4.74 Å². The van der Waals surface area contributed by atoms with Gasteiger partial charge in [-0.1, -0.05) is 0 Å². The summed E-state index contributed by atoms with van der Waals surface area (Å²) in [5.74, 6) is 0. The number of likely N-dealkylation sites (tertiary alicyclic amines) is 1. The van der Waals surface area contributed by atoms with Gasteiger partial charge in [0.15, 0.2) is 0 Å².